The fourth-order valence-corrected chi connectivity index (χ4v) is 1.77. The Kier molecular flexibility index (Phi) is 4.81. The summed E-state index contributed by atoms with van der Waals surface area (Å²) in [6, 6.07) is -0.402. The van der Waals surface area contributed by atoms with Crippen LogP contribution in [0.25, 0.3) is 0 Å². The number of amides is 1. The predicted molar refractivity (Wildman–Crippen MR) is 59.4 cm³/mol. The number of carbonyl (C=O) groups is 2. The molecule has 0 N–H and O–H groups in total. The summed E-state index contributed by atoms with van der Waals surface area (Å²) in [5.41, 5.74) is 0. The Morgan fingerprint density at radius 3 is 3.07 bits per heavy atom. The Morgan fingerprint density at radius 1 is 1.73 bits per heavy atom. The highest BCUT2D eigenvalue weighted by Crippen LogP contribution is 2.19. The van der Waals surface area contributed by atoms with E-state index in [9.17, 15) is 9.59 Å². The lowest BCUT2D eigenvalue weighted by Gasteiger charge is -2.21. The standard InChI is InChI=1S/C10H14BrNO3/c1-2-15-10(14)8-4-5-9(13)12(8)7-3-6-11/h3,6,8H,2,4-5,7H2,1H3/b6-3+/t8-/m0/s1. The molecule has 1 atom stereocenters. The minimum absolute atomic E-state index is 0.0126. The first-order valence-corrected chi connectivity index (χ1v) is 5.83. The smallest absolute Gasteiger partial charge is 0.328 e. The zero-order valence-corrected chi connectivity index (χ0v) is 10.2. The monoisotopic (exact) mass is 275 g/mol. The van der Waals surface area contributed by atoms with Crippen LogP contribution in [0.15, 0.2) is 11.1 Å². The molecular formula is C10H14BrNO3. The van der Waals surface area contributed by atoms with E-state index < -0.39 is 6.04 Å². The zero-order valence-electron chi connectivity index (χ0n) is 8.61. The third-order valence-electron chi connectivity index (χ3n) is 2.28. The summed E-state index contributed by atoms with van der Waals surface area (Å²) in [6.07, 6.45) is 2.78. The Hall–Kier alpha value is -0.840. The van der Waals surface area contributed by atoms with Crippen LogP contribution in [-0.4, -0.2) is 36.0 Å². The van der Waals surface area contributed by atoms with Crippen LogP contribution in [0.5, 0.6) is 0 Å². The highest BCUT2D eigenvalue weighted by molar-refractivity contribution is 9.11. The lowest BCUT2D eigenvalue weighted by molar-refractivity contribution is -0.151. The molecule has 1 amide bonds. The van der Waals surface area contributed by atoms with Gasteiger partial charge in [0.05, 0.1) is 6.61 Å². The molecule has 0 radical (unpaired) electrons. The molecule has 0 aliphatic carbocycles. The lowest BCUT2D eigenvalue weighted by atomic mass is 10.2. The number of esters is 1. The molecule has 4 nitrogen and oxygen atoms in total. The minimum Gasteiger partial charge on any atom is -0.464 e. The second-order valence-electron chi connectivity index (χ2n) is 3.21. The van der Waals surface area contributed by atoms with Crippen LogP contribution in [0.3, 0.4) is 0 Å². The van der Waals surface area contributed by atoms with Crippen molar-refractivity contribution < 1.29 is 14.3 Å². The second kappa shape index (κ2) is 5.90. The molecule has 84 valence electrons. The van der Waals surface area contributed by atoms with Crippen molar-refractivity contribution in [3.63, 3.8) is 0 Å². The maximum atomic E-state index is 11.5. The van der Waals surface area contributed by atoms with Gasteiger partial charge >= 0.3 is 5.97 Å². The van der Waals surface area contributed by atoms with E-state index >= 15 is 0 Å². The fourth-order valence-electron chi connectivity index (χ4n) is 1.60. The van der Waals surface area contributed by atoms with Crippen molar-refractivity contribution in [2.45, 2.75) is 25.8 Å². The number of hydrogen-bond donors (Lipinski definition) is 0. The van der Waals surface area contributed by atoms with Gasteiger partial charge in [0.15, 0.2) is 0 Å². The van der Waals surface area contributed by atoms with E-state index in [1.807, 2.05) is 0 Å². The fraction of sp³-hybridized carbons (Fsp3) is 0.600. The second-order valence-corrected chi connectivity index (χ2v) is 3.74. The summed E-state index contributed by atoms with van der Waals surface area (Å²) in [6.45, 7) is 2.57. The molecule has 0 aromatic carbocycles. The Bertz CT molecular complexity index is 278. The van der Waals surface area contributed by atoms with Gasteiger partial charge in [0, 0.05) is 13.0 Å². The average Bonchev–Trinajstić information content (AvgIpc) is 2.57. The van der Waals surface area contributed by atoms with Gasteiger partial charge in [-0.05, 0) is 18.3 Å². The van der Waals surface area contributed by atoms with Crippen molar-refractivity contribution in [3.8, 4) is 0 Å². The van der Waals surface area contributed by atoms with Crippen LogP contribution in [0.1, 0.15) is 19.8 Å². The van der Waals surface area contributed by atoms with Crippen molar-refractivity contribution in [2.75, 3.05) is 13.2 Å². The molecule has 0 spiro atoms. The van der Waals surface area contributed by atoms with Crippen LogP contribution in [0.2, 0.25) is 0 Å². The first-order valence-electron chi connectivity index (χ1n) is 4.92. The third-order valence-corrected chi connectivity index (χ3v) is 2.65. The topological polar surface area (TPSA) is 46.6 Å². The molecule has 0 unspecified atom stereocenters. The summed E-state index contributed by atoms with van der Waals surface area (Å²) in [5.74, 6) is -0.287. The molecule has 0 aromatic heterocycles. The Labute approximate surface area is 97.4 Å². The van der Waals surface area contributed by atoms with Gasteiger partial charge in [-0.3, -0.25) is 4.79 Å². The van der Waals surface area contributed by atoms with E-state index in [0.717, 1.165) is 0 Å². The molecule has 1 aliphatic rings. The number of halogens is 1. The summed E-state index contributed by atoms with van der Waals surface area (Å²) in [5, 5.41) is 0. The van der Waals surface area contributed by atoms with Crippen LogP contribution in [0.4, 0.5) is 0 Å². The Morgan fingerprint density at radius 2 is 2.47 bits per heavy atom. The molecule has 0 bridgehead atoms. The number of ether oxygens (including phenoxy) is 1. The SMILES string of the molecule is CCOC(=O)[C@@H]1CCC(=O)N1C/C=C/Br. The molecule has 1 saturated heterocycles. The van der Waals surface area contributed by atoms with E-state index in [1.54, 1.807) is 22.9 Å². The molecule has 1 heterocycles. The van der Waals surface area contributed by atoms with Crippen molar-refractivity contribution in [1.82, 2.24) is 4.90 Å². The lowest BCUT2D eigenvalue weighted by Crippen LogP contribution is -2.39. The zero-order chi connectivity index (χ0) is 11.3. The summed E-state index contributed by atoms with van der Waals surface area (Å²) >= 11 is 3.13. The van der Waals surface area contributed by atoms with Crippen molar-refractivity contribution >= 4 is 27.8 Å². The van der Waals surface area contributed by atoms with Crippen LogP contribution >= 0.6 is 15.9 Å². The van der Waals surface area contributed by atoms with Crippen molar-refractivity contribution in [1.29, 1.82) is 0 Å². The van der Waals surface area contributed by atoms with Crippen LogP contribution < -0.4 is 0 Å². The maximum Gasteiger partial charge on any atom is 0.328 e. The van der Waals surface area contributed by atoms with Gasteiger partial charge in [0.25, 0.3) is 0 Å². The number of likely N-dealkylation sites (tertiary alicyclic amines) is 1. The van der Waals surface area contributed by atoms with E-state index in [1.165, 1.54) is 0 Å². The van der Waals surface area contributed by atoms with Gasteiger partial charge < -0.3 is 9.64 Å². The van der Waals surface area contributed by atoms with Gasteiger partial charge in [-0.15, -0.1) is 0 Å². The molecule has 15 heavy (non-hydrogen) atoms. The molecule has 1 rings (SSSR count). The minimum atomic E-state index is -0.402. The largest absolute Gasteiger partial charge is 0.464 e. The van der Waals surface area contributed by atoms with Crippen molar-refractivity contribution in [3.05, 3.63) is 11.1 Å². The van der Waals surface area contributed by atoms with E-state index in [2.05, 4.69) is 15.9 Å². The van der Waals surface area contributed by atoms with Crippen molar-refractivity contribution in [2.24, 2.45) is 0 Å². The molecule has 0 aromatic rings. The number of nitrogens with zero attached hydrogens (tertiary/aromatic N) is 1. The summed E-state index contributed by atoms with van der Waals surface area (Å²) in [7, 11) is 0. The molecule has 1 aliphatic heterocycles. The molecule has 0 saturated carbocycles. The quantitative estimate of drug-likeness (QED) is 0.730. The molecular weight excluding hydrogens is 262 g/mol. The summed E-state index contributed by atoms with van der Waals surface area (Å²) < 4.78 is 4.92. The third kappa shape index (κ3) is 3.06. The Balaban J connectivity index is 2.62. The van der Waals surface area contributed by atoms with Gasteiger partial charge in [0.1, 0.15) is 6.04 Å². The van der Waals surface area contributed by atoms with Gasteiger partial charge in [0.2, 0.25) is 5.91 Å². The number of rotatable bonds is 4. The molecule has 5 heteroatoms. The van der Waals surface area contributed by atoms with Gasteiger partial charge in [-0.25, -0.2) is 4.79 Å². The van der Waals surface area contributed by atoms with Crippen LogP contribution in [0, 0.1) is 0 Å². The van der Waals surface area contributed by atoms with E-state index in [0.29, 0.717) is 26.0 Å². The van der Waals surface area contributed by atoms with Gasteiger partial charge in [-0.2, -0.15) is 0 Å². The normalized spacial score (nSPS) is 21.3. The number of carbonyl (C=O) groups excluding carboxylic acids is 2. The van der Waals surface area contributed by atoms with Gasteiger partial charge in [-0.1, -0.05) is 22.0 Å². The average molecular weight is 276 g/mol. The van der Waals surface area contributed by atoms with E-state index in [-0.39, 0.29) is 11.9 Å². The number of hydrogen-bond acceptors (Lipinski definition) is 3. The van der Waals surface area contributed by atoms with Crippen LogP contribution in [-0.2, 0) is 14.3 Å². The maximum absolute atomic E-state index is 11.5. The van der Waals surface area contributed by atoms with E-state index in [4.69, 9.17) is 4.74 Å². The molecule has 1 fully saturated rings. The first kappa shape index (κ1) is 12.2. The first-order chi connectivity index (χ1) is 7.20. The highest BCUT2D eigenvalue weighted by atomic mass is 79.9. The summed E-state index contributed by atoms with van der Waals surface area (Å²) in [4.78, 5) is 26.2. The highest BCUT2D eigenvalue weighted by Gasteiger charge is 2.36. The predicted octanol–water partition coefficient (Wildman–Crippen LogP) is 1.45.